The zero-order valence-corrected chi connectivity index (χ0v) is 12.9. The van der Waals surface area contributed by atoms with Crippen LogP contribution in [-0.4, -0.2) is 39.1 Å². The number of carboxylic acids is 1. The number of anilines is 1. The molecule has 0 radical (unpaired) electrons. The first-order chi connectivity index (χ1) is 11.1. The van der Waals surface area contributed by atoms with Gasteiger partial charge in [-0.1, -0.05) is 0 Å². The lowest BCUT2D eigenvalue weighted by atomic mass is 9.77. The van der Waals surface area contributed by atoms with Crippen molar-refractivity contribution < 1.29 is 14.3 Å². The van der Waals surface area contributed by atoms with Gasteiger partial charge in [-0.3, -0.25) is 0 Å². The number of carboxylic acid groups (broad SMARTS) is 1. The van der Waals surface area contributed by atoms with Crippen molar-refractivity contribution in [3.63, 3.8) is 0 Å². The second-order valence-electron chi connectivity index (χ2n) is 6.42. The van der Waals surface area contributed by atoms with E-state index in [-0.39, 0.29) is 11.1 Å². The number of aryl methyl sites for hydroxylation is 2. The Morgan fingerprint density at radius 3 is 3.04 bits per heavy atom. The van der Waals surface area contributed by atoms with Crippen LogP contribution >= 0.6 is 0 Å². The molecule has 1 N–H and O–H groups in total. The zero-order valence-electron chi connectivity index (χ0n) is 12.9. The maximum absolute atomic E-state index is 11.0. The van der Waals surface area contributed by atoms with E-state index < -0.39 is 5.97 Å². The number of hydrogen-bond donors (Lipinski definition) is 1. The van der Waals surface area contributed by atoms with Gasteiger partial charge in [0, 0.05) is 24.7 Å². The average molecular weight is 314 g/mol. The predicted octanol–water partition coefficient (Wildman–Crippen LogP) is 1.96. The maximum atomic E-state index is 11.0. The van der Waals surface area contributed by atoms with Crippen molar-refractivity contribution in [1.82, 2.24) is 15.0 Å². The molecule has 2 aromatic heterocycles. The van der Waals surface area contributed by atoms with E-state index in [9.17, 15) is 4.79 Å². The van der Waals surface area contributed by atoms with E-state index in [2.05, 4.69) is 9.97 Å². The molecule has 2 aliphatic rings. The monoisotopic (exact) mass is 314 g/mol. The van der Waals surface area contributed by atoms with Crippen LogP contribution in [0.4, 0.5) is 6.01 Å². The van der Waals surface area contributed by atoms with E-state index >= 15 is 0 Å². The van der Waals surface area contributed by atoms with E-state index in [4.69, 9.17) is 14.5 Å². The fourth-order valence-corrected chi connectivity index (χ4v) is 3.83. The molecule has 1 spiro atoms. The second kappa shape index (κ2) is 5.04. The van der Waals surface area contributed by atoms with Gasteiger partial charge in [0.25, 0.3) is 6.01 Å². The van der Waals surface area contributed by atoms with E-state index in [1.165, 1.54) is 11.8 Å². The van der Waals surface area contributed by atoms with Gasteiger partial charge in [0.1, 0.15) is 12.1 Å². The van der Waals surface area contributed by atoms with E-state index in [1.807, 2.05) is 18.0 Å². The molecule has 0 amide bonds. The summed E-state index contributed by atoms with van der Waals surface area (Å²) >= 11 is 0. The van der Waals surface area contributed by atoms with Crippen molar-refractivity contribution in [1.29, 1.82) is 0 Å². The number of carbonyl (C=O) groups is 1. The highest BCUT2D eigenvalue weighted by Gasteiger charge is 2.44. The average Bonchev–Trinajstić information content (AvgIpc) is 3.15. The minimum absolute atomic E-state index is 0.000853. The van der Waals surface area contributed by atoms with Gasteiger partial charge in [-0.15, -0.1) is 0 Å². The van der Waals surface area contributed by atoms with Gasteiger partial charge < -0.3 is 14.4 Å². The summed E-state index contributed by atoms with van der Waals surface area (Å²) in [6.07, 6.45) is 7.28. The molecule has 0 aromatic carbocycles. The molecule has 7 heteroatoms. The Balaban J connectivity index is 1.65. The van der Waals surface area contributed by atoms with Gasteiger partial charge >= 0.3 is 5.97 Å². The molecule has 1 aliphatic carbocycles. The second-order valence-corrected chi connectivity index (χ2v) is 6.42. The third-order valence-electron chi connectivity index (χ3n) is 4.92. The lowest BCUT2D eigenvalue weighted by molar-refractivity contribution is 0.0690. The van der Waals surface area contributed by atoms with Gasteiger partial charge in [0.15, 0.2) is 5.69 Å². The summed E-state index contributed by atoms with van der Waals surface area (Å²) < 4.78 is 5.38. The first kappa shape index (κ1) is 14.2. The van der Waals surface area contributed by atoms with Crippen LogP contribution in [0.3, 0.4) is 0 Å². The summed E-state index contributed by atoms with van der Waals surface area (Å²) in [6.45, 7) is 3.50. The van der Waals surface area contributed by atoms with Crippen LogP contribution < -0.4 is 4.90 Å². The topological polar surface area (TPSA) is 92.4 Å². The number of oxazole rings is 1. The molecular formula is C16H18N4O3. The van der Waals surface area contributed by atoms with Crippen LogP contribution in [0.15, 0.2) is 16.9 Å². The summed E-state index contributed by atoms with van der Waals surface area (Å²) in [6, 6.07) is 0.390. The number of aromatic carboxylic acids is 1. The molecule has 0 bridgehead atoms. The molecule has 1 fully saturated rings. The predicted molar refractivity (Wildman–Crippen MR) is 81.7 cm³/mol. The van der Waals surface area contributed by atoms with Crippen LogP contribution in [0.25, 0.3) is 0 Å². The number of nitrogens with zero attached hydrogens (tertiary/aromatic N) is 4. The van der Waals surface area contributed by atoms with E-state index in [0.717, 1.165) is 50.3 Å². The number of piperidine rings is 1. The third kappa shape index (κ3) is 2.27. The number of fused-ring (bicyclic) bond motifs is 2. The Morgan fingerprint density at radius 2 is 2.26 bits per heavy atom. The van der Waals surface area contributed by atoms with Crippen LogP contribution in [0.5, 0.6) is 0 Å². The van der Waals surface area contributed by atoms with Crippen molar-refractivity contribution in [2.24, 2.45) is 0 Å². The molecule has 3 heterocycles. The highest BCUT2D eigenvalue weighted by atomic mass is 16.4. The van der Waals surface area contributed by atoms with Crippen molar-refractivity contribution in [2.75, 3.05) is 18.0 Å². The minimum atomic E-state index is -1.07. The number of rotatable bonds is 2. The van der Waals surface area contributed by atoms with Crippen LogP contribution in [-0.2, 0) is 11.8 Å². The Morgan fingerprint density at radius 1 is 1.39 bits per heavy atom. The smallest absolute Gasteiger partial charge is 0.357 e. The SMILES string of the molecule is Cc1ncc2c(n1)C1(CCCN(c3nc(C(=O)O)co3)C1)CC2. The Hall–Kier alpha value is -2.44. The number of aromatic nitrogens is 3. The Bertz CT molecular complexity index is 768. The molecule has 1 aliphatic heterocycles. The van der Waals surface area contributed by atoms with Gasteiger partial charge in [0.2, 0.25) is 0 Å². The van der Waals surface area contributed by atoms with Gasteiger partial charge in [-0.2, -0.15) is 4.98 Å². The van der Waals surface area contributed by atoms with Crippen LogP contribution in [0, 0.1) is 6.92 Å². The van der Waals surface area contributed by atoms with Crippen molar-refractivity contribution in [3.05, 3.63) is 35.2 Å². The minimum Gasteiger partial charge on any atom is -0.476 e. The lowest BCUT2D eigenvalue weighted by Crippen LogP contribution is -2.45. The van der Waals surface area contributed by atoms with E-state index in [1.54, 1.807) is 0 Å². The molecule has 1 unspecified atom stereocenters. The molecule has 120 valence electrons. The quantitative estimate of drug-likeness (QED) is 0.905. The Labute approximate surface area is 133 Å². The number of hydrogen-bond acceptors (Lipinski definition) is 6. The summed E-state index contributed by atoms with van der Waals surface area (Å²) in [5.74, 6) is -0.271. The summed E-state index contributed by atoms with van der Waals surface area (Å²) in [4.78, 5) is 26.1. The van der Waals surface area contributed by atoms with Crippen LogP contribution in [0.1, 0.15) is 46.8 Å². The highest BCUT2D eigenvalue weighted by Crippen LogP contribution is 2.44. The molecule has 1 atom stereocenters. The zero-order chi connectivity index (χ0) is 16.0. The first-order valence-electron chi connectivity index (χ1n) is 7.84. The fourth-order valence-electron chi connectivity index (χ4n) is 3.83. The Kier molecular flexibility index (Phi) is 3.11. The third-order valence-corrected chi connectivity index (χ3v) is 4.92. The van der Waals surface area contributed by atoms with Crippen molar-refractivity contribution in [2.45, 2.75) is 38.0 Å². The molecule has 2 aromatic rings. The normalized spacial score (nSPS) is 23.3. The lowest BCUT2D eigenvalue weighted by Gasteiger charge is -2.39. The van der Waals surface area contributed by atoms with Gasteiger partial charge in [-0.05, 0) is 38.2 Å². The van der Waals surface area contributed by atoms with E-state index in [0.29, 0.717) is 6.01 Å². The van der Waals surface area contributed by atoms with Crippen molar-refractivity contribution >= 4 is 12.0 Å². The molecule has 23 heavy (non-hydrogen) atoms. The largest absolute Gasteiger partial charge is 0.476 e. The molecule has 4 rings (SSSR count). The van der Waals surface area contributed by atoms with Gasteiger partial charge in [0.05, 0.1) is 5.69 Å². The van der Waals surface area contributed by atoms with Crippen LogP contribution in [0.2, 0.25) is 0 Å². The summed E-state index contributed by atoms with van der Waals surface area (Å²) in [5, 5.41) is 9.00. The van der Waals surface area contributed by atoms with Crippen molar-refractivity contribution in [3.8, 4) is 0 Å². The molecule has 1 saturated heterocycles. The summed E-state index contributed by atoms with van der Waals surface area (Å²) in [5.41, 5.74) is 2.33. The first-order valence-corrected chi connectivity index (χ1v) is 7.84. The maximum Gasteiger partial charge on any atom is 0.357 e. The highest BCUT2D eigenvalue weighted by molar-refractivity contribution is 5.85. The summed E-state index contributed by atoms with van der Waals surface area (Å²) in [7, 11) is 0. The molecule has 7 nitrogen and oxygen atoms in total. The fraction of sp³-hybridized carbons (Fsp3) is 0.500. The molecule has 0 saturated carbocycles. The standard InChI is InChI=1S/C16H18N4O3/c1-10-17-7-11-3-5-16(13(11)18-10)4-2-6-20(9-16)15-19-12(8-23-15)14(21)22/h7-8H,2-6,9H2,1H3,(H,21,22). The van der Waals surface area contributed by atoms with Gasteiger partial charge in [-0.25, -0.2) is 14.8 Å². The molecular weight excluding hydrogens is 296 g/mol.